The third-order valence-corrected chi connectivity index (χ3v) is 2.58. The van der Waals surface area contributed by atoms with Gasteiger partial charge in [-0.15, -0.1) is 0 Å². The molecule has 2 atom stereocenters. The lowest BCUT2D eigenvalue weighted by Gasteiger charge is -2.18. The fourth-order valence-electron chi connectivity index (χ4n) is 1.75. The van der Waals surface area contributed by atoms with E-state index in [9.17, 15) is 9.90 Å². The molecule has 1 aromatic heterocycles. The van der Waals surface area contributed by atoms with Crippen LogP contribution in [0.25, 0.3) is 0 Å². The Morgan fingerprint density at radius 3 is 2.86 bits per heavy atom. The number of likely N-dealkylation sites (tertiary alicyclic amines) is 1. The summed E-state index contributed by atoms with van der Waals surface area (Å²) < 4.78 is 0. The zero-order chi connectivity index (χ0) is 10.1. The molecule has 0 unspecified atom stereocenters. The zero-order valence-corrected chi connectivity index (χ0v) is 7.92. The van der Waals surface area contributed by atoms with Gasteiger partial charge in [0.2, 0.25) is 0 Å². The van der Waals surface area contributed by atoms with E-state index in [2.05, 4.69) is 4.98 Å². The summed E-state index contributed by atoms with van der Waals surface area (Å²) in [5.74, 6) is -0.222. The standard InChI is InChI=1S/C10H12N2O2/c1-12-8(6-9(13)10(12)14)7-4-2-3-5-11-7/h2-5,8-9,13H,6H2,1H3/t8-,9-/m0/s1. The lowest BCUT2D eigenvalue weighted by atomic mass is 10.1. The van der Waals surface area contributed by atoms with Gasteiger partial charge < -0.3 is 10.0 Å². The molecule has 4 heteroatoms. The molecule has 0 bridgehead atoms. The summed E-state index contributed by atoms with van der Waals surface area (Å²) in [5.41, 5.74) is 0.833. The maximum absolute atomic E-state index is 11.3. The minimum Gasteiger partial charge on any atom is -0.383 e. The van der Waals surface area contributed by atoms with Gasteiger partial charge in [0, 0.05) is 19.7 Å². The van der Waals surface area contributed by atoms with Gasteiger partial charge in [-0.05, 0) is 12.1 Å². The van der Waals surface area contributed by atoms with E-state index in [0.29, 0.717) is 6.42 Å². The molecule has 0 aliphatic carbocycles. The number of hydrogen-bond acceptors (Lipinski definition) is 3. The number of pyridine rings is 1. The minimum absolute atomic E-state index is 0.0845. The molecule has 2 rings (SSSR count). The predicted octanol–water partition coefficient (Wildman–Crippen LogP) is 0.346. The largest absolute Gasteiger partial charge is 0.383 e. The van der Waals surface area contributed by atoms with Crippen LogP contribution in [-0.4, -0.2) is 34.0 Å². The van der Waals surface area contributed by atoms with Crippen LogP contribution in [0.3, 0.4) is 0 Å². The number of carbonyl (C=O) groups is 1. The van der Waals surface area contributed by atoms with Crippen molar-refractivity contribution in [3.63, 3.8) is 0 Å². The van der Waals surface area contributed by atoms with Crippen LogP contribution >= 0.6 is 0 Å². The Labute approximate surface area is 82.2 Å². The number of carbonyl (C=O) groups excluding carboxylic acids is 1. The Morgan fingerprint density at radius 1 is 1.57 bits per heavy atom. The zero-order valence-electron chi connectivity index (χ0n) is 7.92. The Kier molecular flexibility index (Phi) is 2.21. The van der Waals surface area contributed by atoms with Crippen molar-refractivity contribution in [1.82, 2.24) is 9.88 Å². The molecule has 74 valence electrons. The topological polar surface area (TPSA) is 53.4 Å². The first-order chi connectivity index (χ1) is 6.70. The van der Waals surface area contributed by atoms with E-state index in [4.69, 9.17) is 0 Å². The molecular formula is C10H12N2O2. The number of aliphatic hydroxyl groups is 1. The lowest BCUT2D eigenvalue weighted by Crippen LogP contribution is -2.27. The van der Waals surface area contributed by atoms with E-state index in [0.717, 1.165) is 5.69 Å². The molecule has 1 amide bonds. The number of likely N-dealkylation sites (N-methyl/N-ethyl adjacent to an activating group) is 1. The van der Waals surface area contributed by atoms with Crippen molar-refractivity contribution in [2.75, 3.05) is 7.05 Å². The third-order valence-electron chi connectivity index (χ3n) is 2.58. The first-order valence-electron chi connectivity index (χ1n) is 4.56. The maximum atomic E-state index is 11.3. The molecule has 4 nitrogen and oxygen atoms in total. The minimum atomic E-state index is -0.869. The Bertz CT molecular complexity index is 339. The number of aliphatic hydroxyl groups excluding tert-OH is 1. The number of amides is 1. The van der Waals surface area contributed by atoms with Crippen LogP contribution in [0.4, 0.5) is 0 Å². The monoisotopic (exact) mass is 192 g/mol. The van der Waals surface area contributed by atoms with Crippen molar-refractivity contribution in [2.45, 2.75) is 18.6 Å². The normalized spacial score (nSPS) is 27.0. The van der Waals surface area contributed by atoms with Crippen LogP contribution in [0.2, 0.25) is 0 Å². The first-order valence-corrected chi connectivity index (χ1v) is 4.56. The molecular weight excluding hydrogens is 180 g/mol. The van der Waals surface area contributed by atoms with E-state index < -0.39 is 6.10 Å². The van der Waals surface area contributed by atoms with Crippen molar-refractivity contribution < 1.29 is 9.90 Å². The van der Waals surface area contributed by atoms with Gasteiger partial charge in [-0.3, -0.25) is 9.78 Å². The highest BCUT2D eigenvalue weighted by Gasteiger charge is 2.37. The molecule has 0 saturated carbocycles. The summed E-state index contributed by atoms with van der Waals surface area (Å²) in [6.45, 7) is 0. The molecule has 1 saturated heterocycles. The van der Waals surface area contributed by atoms with Crippen molar-refractivity contribution in [2.24, 2.45) is 0 Å². The second-order valence-electron chi connectivity index (χ2n) is 3.47. The van der Waals surface area contributed by atoms with Gasteiger partial charge in [-0.2, -0.15) is 0 Å². The highest BCUT2D eigenvalue weighted by molar-refractivity contribution is 5.83. The van der Waals surface area contributed by atoms with Gasteiger partial charge in [0.25, 0.3) is 5.91 Å². The first kappa shape index (κ1) is 9.15. The molecule has 14 heavy (non-hydrogen) atoms. The van der Waals surface area contributed by atoms with E-state index >= 15 is 0 Å². The van der Waals surface area contributed by atoms with Crippen molar-refractivity contribution in [3.8, 4) is 0 Å². The molecule has 1 fully saturated rings. The summed E-state index contributed by atoms with van der Waals surface area (Å²) in [6, 6.07) is 5.49. The fraction of sp³-hybridized carbons (Fsp3) is 0.400. The summed E-state index contributed by atoms with van der Waals surface area (Å²) in [4.78, 5) is 17.1. The van der Waals surface area contributed by atoms with Gasteiger partial charge in [-0.1, -0.05) is 6.07 Å². The SMILES string of the molecule is CN1C(=O)[C@@H](O)C[C@H]1c1ccccn1. The van der Waals surface area contributed by atoms with Crippen LogP contribution in [0.15, 0.2) is 24.4 Å². The molecule has 1 aliphatic rings. The molecule has 0 spiro atoms. The molecule has 1 aliphatic heterocycles. The highest BCUT2D eigenvalue weighted by atomic mass is 16.3. The third kappa shape index (κ3) is 1.37. The Morgan fingerprint density at radius 2 is 2.36 bits per heavy atom. The average Bonchev–Trinajstić information content (AvgIpc) is 2.47. The second kappa shape index (κ2) is 3.38. The summed E-state index contributed by atoms with van der Waals surface area (Å²) >= 11 is 0. The fourth-order valence-corrected chi connectivity index (χ4v) is 1.75. The Hall–Kier alpha value is -1.42. The van der Waals surface area contributed by atoms with E-state index in [1.165, 1.54) is 0 Å². The quantitative estimate of drug-likeness (QED) is 0.698. The number of aromatic nitrogens is 1. The molecule has 0 aromatic carbocycles. The van der Waals surface area contributed by atoms with E-state index in [-0.39, 0.29) is 11.9 Å². The molecule has 1 aromatic rings. The summed E-state index contributed by atoms with van der Waals surface area (Å²) in [6.07, 6.45) is 1.26. The summed E-state index contributed by atoms with van der Waals surface area (Å²) in [7, 11) is 1.69. The van der Waals surface area contributed by atoms with E-state index in [1.807, 2.05) is 18.2 Å². The summed E-state index contributed by atoms with van der Waals surface area (Å²) in [5, 5.41) is 9.38. The van der Waals surface area contributed by atoms with Gasteiger partial charge in [0.05, 0.1) is 11.7 Å². The van der Waals surface area contributed by atoms with Crippen LogP contribution < -0.4 is 0 Å². The molecule has 2 heterocycles. The second-order valence-corrected chi connectivity index (χ2v) is 3.47. The van der Waals surface area contributed by atoms with Gasteiger partial charge in [0.15, 0.2) is 0 Å². The van der Waals surface area contributed by atoms with Crippen LogP contribution in [0.1, 0.15) is 18.2 Å². The van der Waals surface area contributed by atoms with Crippen molar-refractivity contribution in [3.05, 3.63) is 30.1 Å². The number of nitrogens with zero attached hydrogens (tertiary/aromatic N) is 2. The average molecular weight is 192 g/mol. The Balaban J connectivity index is 2.26. The lowest BCUT2D eigenvalue weighted by molar-refractivity contribution is -0.134. The van der Waals surface area contributed by atoms with Crippen LogP contribution in [-0.2, 0) is 4.79 Å². The van der Waals surface area contributed by atoms with Gasteiger partial charge in [-0.25, -0.2) is 0 Å². The van der Waals surface area contributed by atoms with Gasteiger partial charge in [0.1, 0.15) is 6.10 Å². The van der Waals surface area contributed by atoms with Crippen molar-refractivity contribution in [1.29, 1.82) is 0 Å². The van der Waals surface area contributed by atoms with Gasteiger partial charge >= 0.3 is 0 Å². The highest BCUT2D eigenvalue weighted by Crippen LogP contribution is 2.29. The molecule has 1 N–H and O–H groups in total. The van der Waals surface area contributed by atoms with Crippen LogP contribution in [0.5, 0.6) is 0 Å². The smallest absolute Gasteiger partial charge is 0.251 e. The predicted molar refractivity (Wildman–Crippen MR) is 50.4 cm³/mol. The van der Waals surface area contributed by atoms with E-state index in [1.54, 1.807) is 18.1 Å². The molecule has 0 radical (unpaired) electrons. The van der Waals surface area contributed by atoms with Crippen molar-refractivity contribution >= 4 is 5.91 Å². The van der Waals surface area contributed by atoms with Crippen LogP contribution in [0, 0.1) is 0 Å². The maximum Gasteiger partial charge on any atom is 0.251 e. The number of rotatable bonds is 1. The number of hydrogen-bond donors (Lipinski definition) is 1.